The highest BCUT2D eigenvalue weighted by atomic mass is 15.3. The third-order valence-corrected chi connectivity index (χ3v) is 7.24. The molecule has 0 spiro atoms. The van der Waals surface area contributed by atoms with Crippen molar-refractivity contribution in [1.82, 2.24) is 4.98 Å². The van der Waals surface area contributed by atoms with Gasteiger partial charge in [0.25, 0.3) is 0 Å². The molecule has 5 aromatic carbocycles. The average molecular weight is 513 g/mol. The number of nitriles is 1. The predicted molar refractivity (Wildman–Crippen MR) is 163 cm³/mol. The predicted octanol–water partition coefficient (Wildman–Crippen LogP) is 9.54. The van der Waals surface area contributed by atoms with E-state index >= 15 is 0 Å². The molecule has 1 aromatic heterocycles. The monoisotopic (exact) mass is 512 g/mol. The van der Waals surface area contributed by atoms with Crippen molar-refractivity contribution in [2.24, 2.45) is 0 Å². The van der Waals surface area contributed by atoms with Gasteiger partial charge in [-0.2, -0.15) is 5.26 Å². The second-order valence-electron chi connectivity index (χ2n) is 9.60. The SMILES string of the molecule is N#Cc1cccc(-c2ccc(-c3ccccc3N3c4ccccc4N(c4ccccc4)c4ccccc43)cc2)n1. The molecule has 4 heteroatoms. The van der Waals surface area contributed by atoms with Crippen molar-refractivity contribution in [3.63, 3.8) is 0 Å². The Hall–Kier alpha value is -5.66. The Morgan fingerprint density at radius 1 is 0.450 bits per heavy atom. The molecule has 6 aromatic rings. The van der Waals surface area contributed by atoms with Crippen LogP contribution in [0.3, 0.4) is 0 Å². The minimum absolute atomic E-state index is 0.416. The average Bonchev–Trinajstić information content (AvgIpc) is 3.04. The van der Waals surface area contributed by atoms with Gasteiger partial charge in [0, 0.05) is 16.8 Å². The molecule has 4 nitrogen and oxygen atoms in total. The Balaban J connectivity index is 1.37. The molecule has 0 unspecified atom stereocenters. The third-order valence-electron chi connectivity index (χ3n) is 7.24. The Kier molecular flexibility index (Phi) is 5.81. The van der Waals surface area contributed by atoms with Crippen LogP contribution in [0.5, 0.6) is 0 Å². The number of hydrogen-bond acceptors (Lipinski definition) is 4. The van der Waals surface area contributed by atoms with E-state index in [1.807, 2.05) is 12.1 Å². The van der Waals surface area contributed by atoms with Crippen LogP contribution in [-0.2, 0) is 0 Å². The van der Waals surface area contributed by atoms with Crippen LogP contribution in [0, 0.1) is 11.3 Å². The molecule has 0 radical (unpaired) electrons. The van der Waals surface area contributed by atoms with Crippen molar-refractivity contribution in [1.29, 1.82) is 5.26 Å². The number of para-hydroxylation sites is 6. The van der Waals surface area contributed by atoms with E-state index < -0.39 is 0 Å². The molecular formula is C36H24N4. The molecule has 7 rings (SSSR count). The van der Waals surface area contributed by atoms with Crippen LogP contribution in [-0.4, -0.2) is 4.98 Å². The van der Waals surface area contributed by atoms with E-state index in [0.717, 1.165) is 56.5 Å². The van der Waals surface area contributed by atoms with Crippen molar-refractivity contribution in [3.8, 4) is 28.5 Å². The van der Waals surface area contributed by atoms with E-state index in [1.54, 1.807) is 6.07 Å². The van der Waals surface area contributed by atoms with E-state index in [1.165, 1.54) is 0 Å². The summed E-state index contributed by atoms with van der Waals surface area (Å²) in [4.78, 5) is 9.16. The summed E-state index contributed by atoms with van der Waals surface area (Å²) in [5.74, 6) is 0. The minimum Gasteiger partial charge on any atom is -0.306 e. The van der Waals surface area contributed by atoms with Crippen LogP contribution < -0.4 is 9.80 Å². The van der Waals surface area contributed by atoms with Gasteiger partial charge in [0.2, 0.25) is 0 Å². The molecule has 0 saturated heterocycles. The summed E-state index contributed by atoms with van der Waals surface area (Å²) in [6, 6.07) is 52.3. The molecule has 40 heavy (non-hydrogen) atoms. The van der Waals surface area contributed by atoms with Gasteiger partial charge < -0.3 is 9.80 Å². The lowest BCUT2D eigenvalue weighted by Gasteiger charge is -2.40. The molecule has 2 heterocycles. The summed E-state index contributed by atoms with van der Waals surface area (Å²) in [5, 5.41) is 9.26. The molecule has 0 atom stereocenters. The molecule has 0 saturated carbocycles. The molecule has 0 N–H and O–H groups in total. The van der Waals surface area contributed by atoms with Gasteiger partial charge in [-0.3, -0.25) is 0 Å². The summed E-state index contributed by atoms with van der Waals surface area (Å²) < 4.78 is 0. The molecule has 0 aliphatic carbocycles. The number of fused-ring (bicyclic) bond motifs is 2. The largest absolute Gasteiger partial charge is 0.306 e. The van der Waals surface area contributed by atoms with Gasteiger partial charge in [-0.15, -0.1) is 0 Å². The maximum atomic E-state index is 9.26. The normalized spacial score (nSPS) is 11.9. The summed E-state index contributed by atoms with van der Waals surface area (Å²) in [6.45, 7) is 0. The van der Waals surface area contributed by atoms with Crippen molar-refractivity contribution in [3.05, 3.63) is 151 Å². The van der Waals surface area contributed by atoms with Crippen LogP contribution in [0.1, 0.15) is 5.69 Å². The van der Waals surface area contributed by atoms with Crippen molar-refractivity contribution in [2.45, 2.75) is 0 Å². The summed E-state index contributed by atoms with van der Waals surface area (Å²) in [7, 11) is 0. The number of nitrogens with zero attached hydrogens (tertiary/aromatic N) is 4. The Labute approximate surface area is 233 Å². The van der Waals surface area contributed by atoms with Gasteiger partial charge in [0.1, 0.15) is 11.8 Å². The lowest BCUT2D eigenvalue weighted by Crippen LogP contribution is -2.24. The molecule has 1 aliphatic heterocycles. The Bertz CT molecular complexity index is 1820. The lowest BCUT2D eigenvalue weighted by atomic mass is 9.98. The molecular weight excluding hydrogens is 488 g/mol. The molecule has 0 amide bonds. The Morgan fingerprint density at radius 3 is 1.60 bits per heavy atom. The number of hydrogen-bond donors (Lipinski definition) is 0. The van der Waals surface area contributed by atoms with Gasteiger partial charge >= 0.3 is 0 Å². The zero-order chi connectivity index (χ0) is 26.9. The maximum Gasteiger partial charge on any atom is 0.141 e. The number of benzene rings is 5. The maximum absolute atomic E-state index is 9.26. The molecule has 0 fully saturated rings. The zero-order valence-electron chi connectivity index (χ0n) is 21.6. The summed E-state index contributed by atoms with van der Waals surface area (Å²) in [6.07, 6.45) is 0. The van der Waals surface area contributed by atoms with Crippen LogP contribution in [0.2, 0.25) is 0 Å². The van der Waals surface area contributed by atoms with E-state index in [0.29, 0.717) is 5.69 Å². The number of anilines is 6. The van der Waals surface area contributed by atoms with Gasteiger partial charge in [-0.25, -0.2) is 4.98 Å². The fourth-order valence-electron chi connectivity index (χ4n) is 5.45. The first-order valence-corrected chi connectivity index (χ1v) is 13.2. The lowest BCUT2D eigenvalue weighted by molar-refractivity contribution is 1.17. The fourth-order valence-corrected chi connectivity index (χ4v) is 5.45. The van der Waals surface area contributed by atoms with E-state index in [2.05, 4.69) is 148 Å². The van der Waals surface area contributed by atoms with Crippen molar-refractivity contribution in [2.75, 3.05) is 9.80 Å². The van der Waals surface area contributed by atoms with Crippen molar-refractivity contribution < 1.29 is 0 Å². The van der Waals surface area contributed by atoms with Crippen LogP contribution in [0.25, 0.3) is 22.4 Å². The standard InChI is InChI=1S/C36H24N4/c37-25-28-11-10-15-31(38-28)27-23-21-26(22-24-27)30-14-4-5-16-32(30)40-35-19-8-6-17-33(35)39(29-12-2-1-3-13-29)34-18-7-9-20-36(34)40/h1-24H. The van der Waals surface area contributed by atoms with E-state index in [-0.39, 0.29) is 0 Å². The minimum atomic E-state index is 0.416. The highest BCUT2D eigenvalue weighted by Gasteiger charge is 2.31. The first kappa shape index (κ1) is 23.5. The number of rotatable bonds is 4. The van der Waals surface area contributed by atoms with E-state index in [4.69, 9.17) is 0 Å². The van der Waals surface area contributed by atoms with Crippen LogP contribution >= 0.6 is 0 Å². The van der Waals surface area contributed by atoms with Gasteiger partial charge in [-0.1, -0.05) is 91.0 Å². The number of pyridine rings is 1. The zero-order valence-corrected chi connectivity index (χ0v) is 21.6. The topological polar surface area (TPSA) is 43.2 Å². The second kappa shape index (κ2) is 9.90. The number of aromatic nitrogens is 1. The molecule has 188 valence electrons. The highest BCUT2D eigenvalue weighted by molar-refractivity contribution is 6.03. The Morgan fingerprint density at radius 2 is 0.975 bits per heavy atom. The van der Waals surface area contributed by atoms with E-state index in [9.17, 15) is 5.26 Å². The highest BCUT2D eigenvalue weighted by Crippen LogP contribution is 2.55. The molecule has 0 bridgehead atoms. The van der Waals surface area contributed by atoms with Gasteiger partial charge in [0.05, 0.1) is 34.1 Å². The molecule has 1 aliphatic rings. The fraction of sp³-hybridized carbons (Fsp3) is 0. The summed E-state index contributed by atoms with van der Waals surface area (Å²) in [5.41, 5.74) is 11.1. The third kappa shape index (κ3) is 3.98. The second-order valence-corrected chi connectivity index (χ2v) is 9.60. The first-order valence-electron chi connectivity index (χ1n) is 13.2. The van der Waals surface area contributed by atoms with Gasteiger partial charge in [-0.05, 0) is 60.2 Å². The van der Waals surface area contributed by atoms with Crippen LogP contribution in [0.4, 0.5) is 34.1 Å². The van der Waals surface area contributed by atoms with Crippen LogP contribution in [0.15, 0.2) is 146 Å². The first-order chi connectivity index (χ1) is 19.8. The smallest absolute Gasteiger partial charge is 0.141 e. The van der Waals surface area contributed by atoms with Gasteiger partial charge in [0.15, 0.2) is 0 Å². The quantitative estimate of drug-likeness (QED) is 0.235. The van der Waals surface area contributed by atoms with Crippen molar-refractivity contribution >= 4 is 34.1 Å². The summed E-state index contributed by atoms with van der Waals surface area (Å²) >= 11 is 0.